The van der Waals surface area contributed by atoms with E-state index in [4.69, 9.17) is 4.42 Å². The van der Waals surface area contributed by atoms with Crippen molar-refractivity contribution in [2.45, 2.75) is 13.0 Å². The Morgan fingerprint density at radius 1 is 1.25 bits per heavy atom. The summed E-state index contributed by atoms with van der Waals surface area (Å²) in [7, 11) is 1.83. The van der Waals surface area contributed by atoms with Crippen LogP contribution in [0.1, 0.15) is 17.5 Å². The lowest BCUT2D eigenvalue weighted by Gasteiger charge is -2.10. The molecule has 0 fully saturated rings. The molecule has 5 heteroatoms. The number of hydrogen-bond donors (Lipinski definition) is 2. The van der Waals surface area contributed by atoms with E-state index < -0.39 is 0 Å². The van der Waals surface area contributed by atoms with Gasteiger partial charge < -0.3 is 15.1 Å². The lowest BCUT2D eigenvalue weighted by molar-refractivity contribution is 0.0923. The highest BCUT2D eigenvalue weighted by Crippen LogP contribution is 2.22. The highest BCUT2D eigenvalue weighted by molar-refractivity contribution is 5.92. The smallest absolute Gasteiger partial charge is 0.287 e. The van der Waals surface area contributed by atoms with Gasteiger partial charge in [-0.1, -0.05) is 0 Å². The number of carbonyl (C=O) groups is 1. The molecular weight excluding hydrogens is 259 g/mol. The number of halogens is 1. The van der Waals surface area contributed by atoms with Crippen molar-refractivity contribution in [1.29, 1.82) is 0 Å². The SMILES string of the molecule is CNC(C)CNC(=O)c1ccc(-c2ccc(F)cc2)o1. The van der Waals surface area contributed by atoms with E-state index >= 15 is 0 Å². The maximum absolute atomic E-state index is 12.8. The van der Waals surface area contributed by atoms with Gasteiger partial charge in [-0.2, -0.15) is 0 Å². The molecule has 1 aromatic heterocycles. The Hall–Kier alpha value is -2.14. The van der Waals surface area contributed by atoms with E-state index in [-0.39, 0.29) is 23.5 Å². The number of carbonyl (C=O) groups excluding carboxylic acids is 1. The van der Waals surface area contributed by atoms with E-state index in [9.17, 15) is 9.18 Å². The van der Waals surface area contributed by atoms with Crippen LogP contribution in [0.5, 0.6) is 0 Å². The summed E-state index contributed by atoms with van der Waals surface area (Å²) in [6, 6.07) is 9.42. The number of amides is 1. The topological polar surface area (TPSA) is 54.3 Å². The number of nitrogens with one attached hydrogen (secondary N) is 2. The van der Waals surface area contributed by atoms with Crippen molar-refractivity contribution in [2.75, 3.05) is 13.6 Å². The van der Waals surface area contributed by atoms with Crippen LogP contribution in [-0.4, -0.2) is 25.5 Å². The van der Waals surface area contributed by atoms with Crippen LogP contribution >= 0.6 is 0 Å². The normalized spacial score (nSPS) is 12.2. The molecule has 0 saturated carbocycles. The van der Waals surface area contributed by atoms with Gasteiger partial charge in [-0.25, -0.2) is 4.39 Å². The zero-order valence-corrected chi connectivity index (χ0v) is 11.4. The van der Waals surface area contributed by atoms with Crippen LogP contribution in [0.25, 0.3) is 11.3 Å². The molecule has 1 aromatic carbocycles. The molecule has 0 spiro atoms. The summed E-state index contributed by atoms with van der Waals surface area (Å²) in [5.74, 6) is 0.212. The molecule has 1 atom stereocenters. The number of benzene rings is 1. The van der Waals surface area contributed by atoms with Gasteiger partial charge in [0.2, 0.25) is 0 Å². The second kappa shape index (κ2) is 6.34. The van der Waals surface area contributed by atoms with E-state index in [0.717, 1.165) is 5.56 Å². The quantitative estimate of drug-likeness (QED) is 0.882. The van der Waals surface area contributed by atoms with Crippen LogP contribution in [0.15, 0.2) is 40.8 Å². The summed E-state index contributed by atoms with van der Waals surface area (Å²) in [5.41, 5.74) is 0.731. The molecule has 0 bridgehead atoms. The number of furan rings is 1. The molecule has 0 radical (unpaired) electrons. The Morgan fingerprint density at radius 3 is 2.60 bits per heavy atom. The highest BCUT2D eigenvalue weighted by atomic mass is 19.1. The van der Waals surface area contributed by atoms with Crippen molar-refractivity contribution < 1.29 is 13.6 Å². The fourth-order valence-corrected chi connectivity index (χ4v) is 1.66. The standard InChI is InChI=1S/C15H17FN2O2/c1-10(17-2)9-18-15(19)14-8-7-13(20-14)11-3-5-12(16)6-4-11/h3-8,10,17H,9H2,1-2H3,(H,18,19). The maximum atomic E-state index is 12.8. The van der Waals surface area contributed by atoms with Gasteiger partial charge in [0.1, 0.15) is 11.6 Å². The molecule has 1 amide bonds. The molecule has 106 valence electrons. The minimum absolute atomic E-state index is 0.186. The van der Waals surface area contributed by atoms with E-state index in [1.807, 2.05) is 14.0 Å². The zero-order chi connectivity index (χ0) is 14.5. The molecule has 2 N–H and O–H groups in total. The monoisotopic (exact) mass is 276 g/mol. The van der Waals surface area contributed by atoms with E-state index in [0.29, 0.717) is 12.3 Å². The molecule has 0 aliphatic heterocycles. The minimum atomic E-state index is -0.306. The second-order valence-corrected chi connectivity index (χ2v) is 4.57. The van der Waals surface area contributed by atoms with Crippen molar-refractivity contribution in [3.8, 4) is 11.3 Å². The molecule has 1 heterocycles. The molecule has 20 heavy (non-hydrogen) atoms. The summed E-state index contributed by atoms with van der Waals surface area (Å²) in [6.07, 6.45) is 0. The molecule has 1 unspecified atom stereocenters. The lowest BCUT2D eigenvalue weighted by Crippen LogP contribution is -2.37. The van der Waals surface area contributed by atoms with Crippen LogP contribution in [0.2, 0.25) is 0 Å². The van der Waals surface area contributed by atoms with Gasteiger partial charge in [-0.15, -0.1) is 0 Å². The predicted molar refractivity (Wildman–Crippen MR) is 75.0 cm³/mol. The van der Waals surface area contributed by atoms with Gasteiger partial charge in [0.25, 0.3) is 5.91 Å². The summed E-state index contributed by atoms with van der Waals surface area (Å²) in [4.78, 5) is 11.9. The summed E-state index contributed by atoms with van der Waals surface area (Å²) >= 11 is 0. The highest BCUT2D eigenvalue weighted by Gasteiger charge is 2.12. The number of likely N-dealkylation sites (N-methyl/N-ethyl adjacent to an activating group) is 1. The van der Waals surface area contributed by atoms with Gasteiger partial charge in [-0.05, 0) is 50.4 Å². The fourth-order valence-electron chi connectivity index (χ4n) is 1.66. The van der Waals surface area contributed by atoms with Crippen molar-refractivity contribution in [2.24, 2.45) is 0 Å². The minimum Gasteiger partial charge on any atom is -0.451 e. The number of hydrogen-bond acceptors (Lipinski definition) is 3. The van der Waals surface area contributed by atoms with E-state index in [2.05, 4.69) is 10.6 Å². The van der Waals surface area contributed by atoms with Gasteiger partial charge in [0, 0.05) is 18.2 Å². The number of rotatable bonds is 5. The molecule has 0 aliphatic carbocycles. The first-order valence-corrected chi connectivity index (χ1v) is 6.41. The fraction of sp³-hybridized carbons (Fsp3) is 0.267. The maximum Gasteiger partial charge on any atom is 0.287 e. The van der Waals surface area contributed by atoms with Crippen LogP contribution in [0, 0.1) is 5.82 Å². The Balaban J connectivity index is 2.05. The molecule has 2 aromatic rings. The zero-order valence-electron chi connectivity index (χ0n) is 11.4. The van der Waals surface area contributed by atoms with Gasteiger partial charge in [0.15, 0.2) is 5.76 Å². The first-order valence-electron chi connectivity index (χ1n) is 6.41. The van der Waals surface area contributed by atoms with Gasteiger partial charge >= 0.3 is 0 Å². The van der Waals surface area contributed by atoms with Crippen molar-refractivity contribution in [3.05, 3.63) is 48.0 Å². The second-order valence-electron chi connectivity index (χ2n) is 4.57. The largest absolute Gasteiger partial charge is 0.451 e. The molecule has 0 aliphatic rings. The van der Waals surface area contributed by atoms with E-state index in [1.54, 1.807) is 24.3 Å². The molecular formula is C15H17FN2O2. The first kappa shape index (κ1) is 14.3. The van der Waals surface area contributed by atoms with Crippen LogP contribution in [-0.2, 0) is 0 Å². The van der Waals surface area contributed by atoms with Crippen molar-refractivity contribution in [1.82, 2.24) is 10.6 Å². The third kappa shape index (κ3) is 3.45. The van der Waals surface area contributed by atoms with Gasteiger partial charge in [-0.3, -0.25) is 4.79 Å². The Bertz CT molecular complexity index is 578. The van der Waals surface area contributed by atoms with E-state index in [1.165, 1.54) is 12.1 Å². The van der Waals surface area contributed by atoms with Crippen molar-refractivity contribution >= 4 is 5.91 Å². The third-order valence-electron chi connectivity index (χ3n) is 3.02. The Morgan fingerprint density at radius 2 is 1.95 bits per heavy atom. The summed E-state index contributed by atoms with van der Waals surface area (Å²) < 4.78 is 18.3. The average Bonchev–Trinajstić information content (AvgIpc) is 2.95. The van der Waals surface area contributed by atoms with Gasteiger partial charge in [0.05, 0.1) is 0 Å². The summed E-state index contributed by atoms with van der Waals surface area (Å²) in [5, 5.41) is 5.80. The molecule has 2 rings (SSSR count). The molecule has 0 saturated heterocycles. The lowest BCUT2D eigenvalue weighted by atomic mass is 10.2. The first-order chi connectivity index (χ1) is 9.60. The Kier molecular flexibility index (Phi) is 4.53. The third-order valence-corrected chi connectivity index (χ3v) is 3.02. The van der Waals surface area contributed by atoms with Crippen LogP contribution < -0.4 is 10.6 Å². The summed E-state index contributed by atoms with van der Waals surface area (Å²) in [6.45, 7) is 2.48. The predicted octanol–water partition coefficient (Wildman–Crippen LogP) is 2.42. The van der Waals surface area contributed by atoms with Crippen molar-refractivity contribution in [3.63, 3.8) is 0 Å². The van der Waals surface area contributed by atoms with Crippen LogP contribution in [0.3, 0.4) is 0 Å². The molecule has 4 nitrogen and oxygen atoms in total. The van der Waals surface area contributed by atoms with Crippen LogP contribution in [0.4, 0.5) is 4.39 Å². The average molecular weight is 276 g/mol. The Labute approximate surface area is 117 Å².